The predicted molar refractivity (Wildman–Crippen MR) is 47.9 cm³/mol. The van der Waals surface area contributed by atoms with Gasteiger partial charge < -0.3 is 5.11 Å². The van der Waals surface area contributed by atoms with Crippen LogP contribution in [-0.4, -0.2) is 11.1 Å². The van der Waals surface area contributed by atoms with Gasteiger partial charge in [0.05, 0.1) is 5.56 Å². The van der Waals surface area contributed by atoms with Gasteiger partial charge in [0, 0.05) is 9.79 Å². The van der Waals surface area contributed by atoms with Crippen LogP contribution >= 0.6 is 25.3 Å². The molecule has 0 aliphatic rings. The second-order valence-electron chi connectivity index (χ2n) is 2.01. The van der Waals surface area contributed by atoms with Crippen molar-refractivity contribution in [2.45, 2.75) is 9.79 Å². The zero-order valence-corrected chi connectivity index (χ0v) is 7.27. The van der Waals surface area contributed by atoms with Crippen LogP contribution in [0.1, 0.15) is 10.4 Å². The van der Waals surface area contributed by atoms with Crippen LogP contribution in [-0.2, 0) is 0 Å². The quantitative estimate of drug-likeness (QED) is 0.586. The van der Waals surface area contributed by atoms with E-state index in [2.05, 4.69) is 25.3 Å². The molecule has 0 spiro atoms. The first-order valence-corrected chi connectivity index (χ1v) is 3.76. The molecule has 1 rings (SSSR count). The summed E-state index contributed by atoms with van der Waals surface area (Å²) in [5, 5.41) is 8.54. The van der Waals surface area contributed by atoms with Gasteiger partial charge in [-0.2, -0.15) is 0 Å². The van der Waals surface area contributed by atoms with Gasteiger partial charge in [0.2, 0.25) is 0 Å². The maximum absolute atomic E-state index is 10.4. The van der Waals surface area contributed by atoms with Gasteiger partial charge in [-0.1, -0.05) is 0 Å². The van der Waals surface area contributed by atoms with E-state index in [1.165, 1.54) is 12.1 Å². The Hall–Kier alpha value is -0.610. The van der Waals surface area contributed by atoms with Crippen LogP contribution in [0.25, 0.3) is 0 Å². The van der Waals surface area contributed by atoms with Gasteiger partial charge in [-0.05, 0) is 18.2 Å². The second kappa shape index (κ2) is 3.19. The molecular weight excluding hydrogens is 180 g/mol. The lowest BCUT2D eigenvalue weighted by molar-refractivity contribution is 0.0696. The molecule has 0 saturated carbocycles. The lowest BCUT2D eigenvalue weighted by Crippen LogP contribution is -1.95. The number of carboxylic acids is 1. The van der Waals surface area contributed by atoms with E-state index < -0.39 is 5.97 Å². The van der Waals surface area contributed by atoms with Crippen LogP contribution < -0.4 is 0 Å². The number of carboxylic acid groups (broad SMARTS) is 1. The third kappa shape index (κ3) is 1.91. The zero-order chi connectivity index (χ0) is 8.43. The average Bonchev–Trinajstić information content (AvgIpc) is 1.94. The van der Waals surface area contributed by atoms with Crippen molar-refractivity contribution in [3.63, 3.8) is 0 Å². The first-order chi connectivity index (χ1) is 5.11. The Morgan fingerprint density at radius 2 is 1.91 bits per heavy atom. The molecule has 0 aromatic heterocycles. The number of benzene rings is 1. The Bertz CT molecular complexity index is 296. The highest BCUT2D eigenvalue weighted by Crippen LogP contribution is 2.18. The van der Waals surface area contributed by atoms with Crippen LogP contribution in [0.2, 0.25) is 0 Å². The average molecular weight is 186 g/mol. The van der Waals surface area contributed by atoms with E-state index in [0.717, 1.165) is 0 Å². The summed E-state index contributed by atoms with van der Waals surface area (Å²) in [5.41, 5.74) is 0.229. The normalized spacial score (nSPS) is 9.64. The highest BCUT2D eigenvalue weighted by molar-refractivity contribution is 7.83. The van der Waals surface area contributed by atoms with Crippen molar-refractivity contribution >= 4 is 31.2 Å². The van der Waals surface area contributed by atoms with Crippen molar-refractivity contribution in [3.8, 4) is 0 Å². The van der Waals surface area contributed by atoms with Gasteiger partial charge in [-0.3, -0.25) is 0 Å². The number of rotatable bonds is 1. The Morgan fingerprint density at radius 1 is 1.27 bits per heavy atom. The van der Waals surface area contributed by atoms with Gasteiger partial charge in [0.15, 0.2) is 0 Å². The maximum atomic E-state index is 10.4. The number of thiol groups is 2. The number of carbonyl (C=O) groups is 1. The van der Waals surface area contributed by atoms with E-state index in [9.17, 15) is 4.79 Å². The van der Waals surface area contributed by atoms with Crippen molar-refractivity contribution in [1.29, 1.82) is 0 Å². The largest absolute Gasteiger partial charge is 0.478 e. The standard InChI is InChI=1S/C7H6O2S2/c8-7(9)4-1-2-5(10)6(11)3-4/h1-3,10-11H,(H,8,9). The zero-order valence-electron chi connectivity index (χ0n) is 5.48. The Kier molecular flexibility index (Phi) is 2.46. The molecule has 0 aliphatic heterocycles. The predicted octanol–water partition coefficient (Wildman–Crippen LogP) is 1.96. The fourth-order valence-electron chi connectivity index (χ4n) is 0.656. The molecule has 0 saturated heterocycles. The van der Waals surface area contributed by atoms with E-state index in [1.54, 1.807) is 6.07 Å². The van der Waals surface area contributed by atoms with Crippen molar-refractivity contribution in [1.82, 2.24) is 0 Å². The van der Waals surface area contributed by atoms with Crippen molar-refractivity contribution in [3.05, 3.63) is 23.8 Å². The SMILES string of the molecule is O=C(O)c1ccc(S)c(S)c1. The number of aromatic carboxylic acids is 1. The molecule has 0 atom stereocenters. The summed E-state index contributed by atoms with van der Waals surface area (Å²) in [6, 6.07) is 4.56. The van der Waals surface area contributed by atoms with Gasteiger partial charge >= 0.3 is 5.97 Å². The fourth-order valence-corrected chi connectivity index (χ4v) is 1.01. The minimum absolute atomic E-state index is 0.229. The van der Waals surface area contributed by atoms with Crippen LogP contribution in [0.3, 0.4) is 0 Å². The molecule has 2 nitrogen and oxygen atoms in total. The molecule has 0 aliphatic carbocycles. The van der Waals surface area contributed by atoms with Crippen molar-refractivity contribution in [2.75, 3.05) is 0 Å². The van der Waals surface area contributed by atoms with Crippen molar-refractivity contribution in [2.24, 2.45) is 0 Å². The monoisotopic (exact) mass is 186 g/mol. The summed E-state index contributed by atoms with van der Waals surface area (Å²) in [6.07, 6.45) is 0. The molecule has 0 heterocycles. The summed E-state index contributed by atoms with van der Waals surface area (Å²) in [6.45, 7) is 0. The van der Waals surface area contributed by atoms with Crippen LogP contribution in [0.15, 0.2) is 28.0 Å². The topological polar surface area (TPSA) is 37.3 Å². The first-order valence-electron chi connectivity index (χ1n) is 2.86. The Morgan fingerprint density at radius 3 is 2.36 bits per heavy atom. The summed E-state index contributed by atoms with van der Waals surface area (Å²) >= 11 is 8.07. The second-order valence-corrected chi connectivity index (χ2v) is 2.97. The molecule has 0 amide bonds. The van der Waals surface area contributed by atoms with E-state index in [1.807, 2.05) is 0 Å². The van der Waals surface area contributed by atoms with Crippen molar-refractivity contribution < 1.29 is 9.90 Å². The van der Waals surface area contributed by atoms with Crippen LogP contribution in [0, 0.1) is 0 Å². The highest BCUT2D eigenvalue weighted by atomic mass is 32.1. The smallest absolute Gasteiger partial charge is 0.335 e. The Balaban J connectivity index is 3.15. The fraction of sp³-hybridized carbons (Fsp3) is 0. The van der Waals surface area contributed by atoms with Gasteiger partial charge in [0.1, 0.15) is 0 Å². The van der Waals surface area contributed by atoms with Gasteiger partial charge in [-0.15, -0.1) is 25.3 Å². The summed E-state index contributed by atoms with van der Waals surface area (Å²) in [4.78, 5) is 11.7. The van der Waals surface area contributed by atoms with E-state index in [-0.39, 0.29) is 5.56 Å². The molecule has 0 unspecified atom stereocenters. The molecule has 0 bridgehead atoms. The molecule has 1 N–H and O–H groups in total. The lowest BCUT2D eigenvalue weighted by Gasteiger charge is -1.98. The molecule has 58 valence electrons. The van der Waals surface area contributed by atoms with E-state index in [0.29, 0.717) is 9.79 Å². The van der Waals surface area contributed by atoms with Crippen LogP contribution in [0.5, 0.6) is 0 Å². The highest BCUT2D eigenvalue weighted by Gasteiger charge is 2.03. The van der Waals surface area contributed by atoms with Gasteiger partial charge in [-0.25, -0.2) is 4.79 Å². The number of hydrogen-bond acceptors (Lipinski definition) is 3. The molecule has 0 radical (unpaired) electrons. The van der Waals surface area contributed by atoms with E-state index >= 15 is 0 Å². The first kappa shape index (κ1) is 8.49. The molecule has 1 aromatic rings. The Labute approximate surface area is 75.1 Å². The molecule has 11 heavy (non-hydrogen) atoms. The molecule has 1 aromatic carbocycles. The van der Waals surface area contributed by atoms with Gasteiger partial charge in [0.25, 0.3) is 0 Å². The number of hydrogen-bond donors (Lipinski definition) is 3. The lowest BCUT2D eigenvalue weighted by atomic mass is 10.2. The third-order valence-corrected chi connectivity index (χ3v) is 2.16. The summed E-state index contributed by atoms with van der Waals surface area (Å²) in [7, 11) is 0. The van der Waals surface area contributed by atoms with E-state index in [4.69, 9.17) is 5.11 Å². The maximum Gasteiger partial charge on any atom is 0.335 e. The molecule has 0 fully saturated rings. The third-order valence-electron chi connectivity index (χ3n) is 1.22. The van der Waals surface area contributed by atoms with Crippen LogP contribution in [0.4, 0.5) is 0 Å². The molecule has 4 heteroatoms. The minimum Gasteiger partial charge on any atom is -0.478 e. The molecular formula is C7H6O2S2. The summed E-state index contributed by atoms with van der Waals surface area (Å²) < 4.78 is 0. The minimum atomic E-state index is -0.950. The summed E-state index contributed by atoms with van der Waals surface area (Å²) in [5.74, 6) is -0.950.